The van der Waals surface area contributed by atoms with Gasteiger partial charge in [0, 0.05) is 31.1 Å². The summed E-state index contributed by atoms with van der Waals surface area (Å²) < 4.78 is 45.5. The van der Waals surface area contributed by atoms with Crippen molar-refractivity contribution in [3.8, 4) is 0 Å². The van der Waals surface area contributed by atoms with Gasteiger partial charge < -0.3 is 130 Å². The van der Waals surface area contributed by atoms with Gasteiger partial charge in [0.1, 0.15) is 67.0 Å². The van der Waals surface area contributed by atoms with E-state index in [0.29, 0.717) is 0 Å². The third kappa shape index (κ3) is 21.1. The van der Waals surface area contributed by atoms with E-state index in [1.165, 1.54) is 19.1 Å². The predicted octanol–water partition coefficient (Wildman–Crippen LogP) is -4.29. The molecule has 502 valence electrons. The fourth-order valence-electron chi connectivity index (χ4n) is 11.0. The Morgan fingerprint density at radius 2 is 1.18 bits per heavy atom. The Morgan fingerprint density at radius 1 is 0.580 bits per heavy atom. The van der Waals surface area contributed by atoms with Crippen LogP contribution in [0, 0.1) is 17.8 Å². The average molecular weight is 1260 g/mol. The lowest BCUT2D eigenvalue weighted by Gasteiger charge is -2.48. The molecule has 0 radical (unpaired) electrons. The molecule has 5 aliphatic rings. The summed E-state index contributed by atoms with van der Waals surface area (Å²) in [4.78, 5) is 26.1. The molecule has 5 heterocycles. The lowest BCUT2D eigenvalue weighted by atomic mass is 9.83. The minimum atomic E-state index is -2.67. The van der Waals surface area contributed by atoms with Crippen LogP contribution in [0.3, 0.4) is 0 Å². The molecule has 18 N–H and O–H groups in total. The molecule has 0 aromatic heterocycles. The van der Waals surface area contributed by atoms with Crippen molar-refractivity contribution >= 4 is 11.9 Å². The Bertz CT molecular complexity index is 2320. The van der Waals surface area contributed by atoms with E-state index in [4.69, 9.17) is 37.9 Å². The summed E-state index contributed by atoms with van der Waals surface area (Å²) in [6, 6.07) is -1.46. The number of aliphatic hydroxyl groups excluding tert-OH is 16. The van der Waals surface area contributed by atoms with Gasteiger partial charge in [-0.25, -0.2) is 0 Å². The normalized spacial score (nSPS) is 44.7. The molecule has 0 aliphatic carbocycles. The molecular formula is C60H95NO27. The minimum Gasteiger partial charge on any atom is -0.469 e. The number of fused-ring (bicyclic) bond motifs is 2. The number of rotatable bonds is 9. The maximum Gasteiger partial charge on any atom is 0.313 e. The Balaban J connectivity index is 1.38. The number of hydrogen-bond donors (Lipinski definition) is 18. The molecule has 2 bridgehead atoms. The number of ether oxygens (including phenoxy) is 8. The van der Waals surface area contributed by atoms with Gasteiger partial charge in [0.05, 0.1) is 113 Å². The maximum absolute atomic E-state index is 13.4. The summed E-state index contributed by atoms with van der Waals surface area (Å²) >= 11 is 0. The van der Waals surface area contributed by atoms with Crippen LogP contribution < -0.4 is 5.32 Å². The summed E-state index contributed by atoms with van der Waals surface area (Å²) in [7, 11) is 1.07. The van der Waals surface area contributed by atoms with Gasteiger partial charge >= 0.3 is 11.9 Å². The monoisotopic (exact) mass is 1260 g/mol. The topological polar surface area (TPSA) is 464 Å². The van der Waals surface area contributed by atoms with Crippen LogP contribution in [0.1, 0.15) is 72.6 Å². The third-order valence-corrected chi connectivity index (χ3v) is 16.7. The van der Waals surface area contributed by atoms with Crippen molar-refractivity contribution in [2.75, 3.05) is 26.9 Å². The van der Waals surface area contributed by atoms with Gasteiger partial charge in [0.15, 0.2) is 12.6 Å². The van der Waals surface area contributed by atoms with Gasteiger partial charge in [-0.1, -0.05) is 98.9 Å². The smallest absolute Gasteiger partial charge is 0.313 e. The van der Waals surface area contributed by atoms with Gasteiger partial charge in [0.2, 0.25) is 5.79 Å². The molecule has 4 saturated heterocycles. The number of hydrogen-bond acceptors (Lipinski definition) is 28. The van der Waals surface area contributed by atoms with Gasteiger partial charge in [-0.15, -0.1) is 0 Å². The van der Waals surface area contributed by atoms with Gasteiger partial charge in [-0.2, -0.15) is 0 Å². The molecule has 4 fully saturated rings. The van der Waals surface area contributed by atoms with Crippen LogP contribution in [-0.2, 0) is 47.5 Å². The van der Waals surface area contributed by atoms with E-state index in [9.17, 15) is 96.4 Å². The van der Waals surface area contributed by atoms with Crippen molar-refractivity contribution in [1.82, 2.24) is 5.32 Å². The Kier molecular flexibility index (Phi) is 30.5. The highest BCUT2D eigenvalue weighted by Gasteiger charge is 2.55. The van der Waals surface area contributed by atoms with Gasteiger partial charge in [-0.05, 0) is 33.1 Å². The number of aliphatic hydroxyl groups is 17. The van der Waals surface area contributed by atoms with Crippen LogP contribution in [0.25, 0.3) is 0 Å². The van der Waals surface area contributed by atoms with Crippen LogP contribution in [-0.4, -0.2) is 284 Å². The fourth-order valence-corrected chi connectivity index (χ4v) is 11.0. The summed E-state index contributed by atoms with van der Waals surface area (Å²) in [5.74, 6) is -6.63. The first-order chi connectivity index (χ1) is 41.6. The zero-order valence-electron chi connectivity index (χ0n) is 50.0. The molecule has 0 spiro atoms. The number of carbonyl (C=O) groups is 2. The van der Waals surface area contributed by atoms with Crippen molar-refractivity contribution in [2.45, 2.75) is 231 Å². The van der Waals surface area contributed by atoms with E-state index in [-0.39, 0.29) is 31.6 Å². The van der Waals surface area contributed by atoms with Crippen LogP contribution in [0.4, 0.5) is 0 Å². The molecule has 0 amide bonds. The van der Waals surface area contributed by atoms with Crippen molar-refractivity contribution in [2.24, 2.45) is 17.8 Å². The molecule has 5 aliphatic heterocycles. The summed E-state index contributed by atoms with van der Waals surface area (Å²) in [6.07, 6.45) is -16.3. The highest BCUT2D eigenvalue weighted by Crippen LogP contribution is 2.36. The molecular weight excluding hydrogens is 1170 g/mol. The zero-order valence-corrected chi connectivity index (χ0v) is 50.0. The quantitative estimate of drug-likeness (QED) is 0.0972. The Morgan fingerprint density at radius 3 is 1.80 bits per heavy atom. The van der Waals surface area contributed by atoms with E-state index >= 15 is 0 Å². The molecule has 29 atom stereocenters. The molecule has 0 aromatic carbocycles. The van der Waals surface area contributed by atoms with E-state index in [1.807, 2.05) is 0 Å². The first-order valence-electron chi connectivity index (χ1n) is 29.8. The lowest BCUT2D eigenvalue weighted by Crippen LogP contribution is -2.70. The van der Waals surface area contributed by atoms with E-state index in [2.05, 4.69) is 5.32 Å². The fraction of sp³-hybridized carbons (Fsp3) is 0.733. The summed E-state index contributed by atoms with van der Waals surface area (Å²) in [6.45, 7) is 4.27. The number of nitrogens with one attached hydrogen (secondary N) is 1. The highest BCUT2D eigenvalue weighted by molar-refractivity contribution is 5.74. The third-order valence-electron chi connectivity index (χ3n) is 16.7. The van der Waals surface area contributed by atoms with Crippen LogP contribution in [0.15, 0.2) is 85.1 Å². The highest BCUT2D eigenvalue weighted by atomic mass is 16.7. The van der Waals surface area contributed by atoms with E-state index in [1.54, 1.807) is 93.7 Å². The standard InChI is InChI=1S/C60H95NO27/c1-30-18-16-14-12-10-8-6-7-9-11-13-15-17-19-36(85-58-52(75)47(49(72)33(4)84-58)61-29-60(80)56(78)55(41(69)28-82-60)88-59-54(77)53(76)51(74)44(27-62)87-59)24-42-46(57(79)81-5)39(67)26-43(86-42)50(73)40(68)25-38(66)37(65)21-20-34(63)22-35(64)23-45(70)83-32(3)31(2)48(30)71/h6-19,30-44,46-56,58-59,61-69,71-78,80H,20-29H2,1-5H3/t30-,31-,32-,33+,34+,35+,36-,37+,38+,39-,40-,41+,42-,43?,44+,46+,47-,48+,49+,50+,51-,52-,53-,54+,55+,56-,58-,59-,60+/m0/s1. The molecule has 28 heteroatoms. The average Bonchev–Trinajstić information content (AvgIpc) is 1.56. The maximum atomic E-state index is 13.4. The lowest BCUT2D eigenvalue weighted by molar-refractivity contribution is -0.368. The second-order valence-corrected chi connectivity index (χ2v) is 23.4. The van der Waals surface area contributed by atoms with Crippen molar-refractivity contribution < 1.29 is 134 Å². The number of cyclic esters (lactones) is 1. The van der Waals surface area contributed by atoms with E-state index < -0.39 is 221 Å². The molecule has 0 aromatic rings. The van der Waals surface area contributed by atoms with Crippen LogP contribution >= 0.6 is 0 Å². The molecule has 0 saturated carbocycles. The van der Waals surface area contributed by atoms with Gasteiger partial charge in [0.25, 0.3) is 0 Å². The first-order valence-corrected chi connectivity index (χ1v) is 29.8. The first kappa shape index (κ1) is 74.9. The van der Waals surface area contributed by atoms with Crippen molar-refractivity contribution in [1.29, 1.82) is 0 Å². The number of esters is 2. The SMILES string of the molecule is COC(=O)[C@H]1[C@@H]2C[C@@H](O[C@@H]3O[C@H](C)[C@@H](O)[C@H](NC[C@@]4(O)OC[C@@H](O)[C@@H](O[C@@H]5O[C@H](CO)[C@H](O)[C@H](O)[C@H]5O)[C@@H]4O)[C@@H]3O)C=CC=CC=CC=CC=CC=CC=C[C@H](C)[C@@H](O)[C@@H](C)[C@H](C)OC(=O)C[C@H](O)C[C@H](O)CC[C@@H](O)[C@H](O)C[C@H](O)[C@@H](O)C(C[C@@H]1O)O2. The second kappa shape index (κ2) is 35.8. The zero-order chi connectivity index (χ0) is 65.2. The molecule has 5 rings (SSSR count). The molecule has 1 unspecified atom stereocenters. The summed E-state index contributed by atoms with van der Waals surface area (Å²) in [5.41, 5.74) is 0. The Labute approximate surface area is 511 Å². The summed E-state index contributed by atoms with van der Waals surface area (Å²) in [5, 5.41) is 189. The second-order valence-electron chi connectivity index (χ2n) is 23.4. The number of allylic oxidation sites excluding steroid dienone is 12. The predicted molar refractivity (Wildman–Crippen MR) is 307 cm³/mol. The van der Waals surface area contributed by atoms with E-state index in [0.717, 1.165) is 7.11 Å². The van der Waals surface area contributed by atoms with Crippen LogP contribution in [0.2, 0.25) is 0 Å². The Hall–Kier alpha value is -3.84. The number of carbonyl (C=O) groups excluding carboxylic acids is 2. The molecule has 88 heavy (non-hydrogen) atoms. The van der Waals surface area contributed by atoms with Gasteiger partial charge in [-0.3, -0.25) is 9.59 Å². The molecule has 28 nitrogen and oxygen atoms in total. The van der Waals surface area contributed by atoms with Crippen molar-refractivity contribution in [3.63, 3.8) is 0 Å². The largest absolute Gasteiger partial charge is 0.469 e. The van der Waals surface area contributed by atoms with Crippen molar-refractivity contribution in [3.05, 3.63) is 85.1 Å². The minimum absolute atomic E-state index is 0.168. The van der Waals surface area contributed by atoms with Crippen LogP contribution in [0.5, 0.6) is 0 Å². The number of methoxy groups -OCH3 is 1.